The lowest BCUT2D eigenvalue weighted by molar-refractivity contribution is 0.169. The molecule has 3 N–H and O–H groups in total. The van der Waals surface area contributed by atoms with Crippen molar-refractivity contribution in [2.75, 3.05) is 6.54 Å². The van der Waals surface area contributed by atoms with Crippen LogP contribution in [0.15, 0.2) is 21.4 Å². The van der Waals surface area contributed by atoms with E-state index in [1.165, 1.54) is 6.26 Å². The second-order valence-electron chi connectivity index (χ2n) is 2.28. The van der Waals surface area contributed by atoms with E-state index >= 15 is 0 Å². The van der Waals surface area contributed by atoms with Gasteiger partial charge >= 0.3 is 0 Å². The molecule has 0 aromatic carbocycles. The number of aliphatic hydroxyl groups excluding tert-OH is 1. The maximum atomic E-state index is 9.37. The molecule has 1 atom stereocenters. The highest BCUT2D eigenvalue weighted by atomic mass is 79.9. The molecule has 1 aromatic rings. The minimum absolute atomic E-state index is 0.476. The average molecular weight is 220 g/mol. The van der Waals surface area contributed by atoms with E-state index in [9.17, 15) is 5.11 Å². The highest BCUT2D eigenvalue weighted by Gasteiger charge is 2.08. The fourth-order valence-electron chi connectivity index (χ4n) is 0.823. The molecule has 1 rings (SSSR count). The summed E-state index contributed by atoms with van der Waals surface area (Å²) in [6.45, 7) is 0.476. The second kappa shape index (κ2) is 3.90. The summed E-state index contributed by atoms with van der Waals surface area (Å²) in [6, 6.07) is 1.74. The van der Waals surface area contributed by atoms with Gasteiger partial charge in [-0.1, -0.05) is 0 Å². The summed E-state index contributed by atoms with van der Waals surface area (Å²) in [5, 5.41) is 9.37. The van der Waals surface area contributed by atoms with Crippen molar-refractivity contribution < 1.29 is 9.52 Å². The first-order valence-corrected chi connectivity index (χ1v) is 4.15. The van der Waals surface area contributed by atoms with Gasteiger partial charge in [-0.3, -0.25) is 0 Å². The summed E-state index contributed by atoms with van der Waals surface area (Å²) in [5.74, 6) is 0. The van der Waals surface area contributed by atoms with Crippen LogP contribution < -0.4 is 5.73 Å². The molecular formula is C7H10BrNO2. The largest absolute Gasteiger partial charge is 0.457 e. The van der Waals surface area contributed by atoms with Crippen molar-refractivity contribution in [3.8, 4) is 0 Å². The number of rotatable bonds is 3. The normalized spacial score (nSPS) is 13.4. The van der Waals surface area contributed by atoms with Crippen molar-refractivity contribution in [2.24, 2.45) is 5.73 Å². The number of furan rings is 1. The molecule has 0 amide bonds. The van der Waals surface area contributed by atoms with Gasteiger partial charge in [0.2, 0.25) is 0 Å². The van der Waals surface area contributed by atoms with Crippen molar-refractivity contribution >= 4 is 15.9 Å². The van der Waals surface area contributed by atoms with Crippen LogP contribution in [0.1, 0.15) is 18.1 Å². The third-order valence-corrected chi connectivity index (χ3v) is 1.83. The van der Waals surface area contributed by atoms with E-state index in [2.05, 4.69) is 15.9 Å². The Balaban J connectivity index is 2.60. The lowest BCUT2D eigenvalue weighted by atomic mass is 10.1. The van der Waals surface area contributed by atoms with E-state index in [1.54, 1.807) is 6.07 Å². The predicted molar refractivity (Wildman–Crippen MR) is 45.0 cm³/mol. The maximum absolute atomic E-state index is 9.37. The number of hydrogen-bond donors (Lipinski definition) is 2. The Morgan fingerprint density at radius 2 is 2.45 bits per heavy atom. The molecule has 0 aliphatic heterocycles. The van der Waals surface area contributed by atoms with Crippen molar-refractivity contribution in [3.63, 3.8) is 0 Å². The van der Waals surface area contributed by atoms with Crippen LogP contribution in [-0.2, 0) is 0 Å². The fraction of sp³-hybridized carbons (Fsp3) is 0.429. The molecule has 62 valence electrons. The Bertz CT molecular complexity index is 224. The average Bonchev–Trinajstić information content (AvgIpc) is 2.36. The van der Waals surface area contributed by atoms with E-state index in [0.29, 0.717) is 17.6 Å². The summed E-state index contributed by atoms with van der Waals surface area (Å²) in [4.78, 5) is 0. The second-order valence-corrected chi connectivity index (χ2v) is 3.06. The molecule has 0 saturated heterocycles. The summed E-state index contributed by atoms with van der Waals surface area (Å²) in [7, 11) is 0. The number of nitrogens with two attached hydrogens (primary N) is 1. The first-order valence-electron chi connectivity index (χ1n) is 3.36. The highest BCUT2D eigenvalue weighted by molar-refractivity contribution is 9.10. The van der Waals surface area contributed by atoms with Gasteiger partial charge in [-0.05, 0) is 35.0 Å². The van der Waals surface area contributed by atoms with E-state index in [0.717, 1.165) is 5.56 Å². The van der Waals surface area contributed by atoms with Crippen LogP contribution in [-0.4, -0.2) is 11.7 Å². The van der Waals surface area contributed by atoms with Crippen molar-refractivity contribution in [1.29, 1.82) is 0 Å². The third kappa shape index (κ3) is 2.32. The maximum Gasteiger partial charge on any atom is 0.169 e. The molecule has 11 heavy (non-hydrogen) atoms. The lowest BCUT2D eigenvalue weighted by Crippen LogP contribution is -2.05. The first-order chi connectivity index (χ1) is 5.24. The Kier molecular flexibility index (Phi) is 3.11. The minimum Gasteiger partial charge on any atom is -0.457 e. The van der Waals surface area contributed by atoms with Crippen LogP contribution in [0, 0.1) is 0 Å². The molecule has 1 aromatic heterocycles. The summed E-state index contributed by atoms with van der Waals surface area (Å²) < 4.78 is 5.58. The zero-order valence-electron chi connectivity index (χ0n) is 5.96. The van der Waals surface area contributed by atoms with Gasteiger partial charge in [-0.15, -0.1) is 0 Å². The Morgan fingerprint density at radius 3 is 2.91 bits per heavy atom. The molecule has 1 heterocycles. The molecule has 0 radical (unpaired) electrons. The van der Waals surface area contributed by atoms with E-state index in [1.807, 2.05) is 0 Å². The Labute approximate surface area is 73.3 Å². The summed E-state index contributed by atoms with van der Waals surface area (Å²) in [5.41, 5.74) is 6.04. The minimum atomic E-state index is -0.505. The van der Waals surface area contributed by atoms with E-state index in [4.69, 9.17) is 10.2 Å². The molecule has 0 spiro atoms. The van der Waals surface area contributed by atoms with Crippen molar-refractivity contribution in [1.82, 2.24) is 0 Å². The van der Waals surface area contributed by atoms with Crippen molar-refractivity contribution in [2.45, 2.75) is 12.5 Å². The SMILES string of the molecule is NCCC(O)c1coc(Br)c1. The number of halogens is 1. The molecular weight excluding hydrogens is 210 g/mol. The van der Waals surface area contributed by atoms with Gasteiger partial charge in [0.05, 0.1) is 12.4 Å². The van der Waals surface area contributed by atoms with E-state index in [-0.39, 0.29) is 0 Å². The van der Waals surface area contributed by atoms with Gasteiger partial charge in [0, 0.05) is 5.56 Å². The molecule has 0 saturated carbocycles. The number of hydrogen-bond acceptors (Lipinski definition) is 3. The lowest BCUT2D eigenvalue weighted by Gasteiger charge is -2.03. The molecule has 0 aliphatic rings. The predicted octanol–water partition coefficient (Wildman–Crippen LogP) is 1.42. The van der Waals surface area contributed by atoms with Gasteiger partial charge in [-0.2, -0.15) is 0 Å². The van der Waals surface area contributed by atoms with Gasteiger partial charge in [-0.25, -0.2) is 0 Å². The summed E-state index contributed by atoms with van der Waals surface area (Å²) in [6.07, 6.45) is 1.58. The van der Waals surface area contributed by atoms with Crippen LogP contribution in [0.2, 0.25) is 0 Å². The van der Waals surface area contributed by atoms with Crippen LogP contribution in [0.3, 0.4) is 0 Å². The topological polar surface area (TPSA) is 59.4 Å². The molecule has 4 heteroatoms. The molecule has 3 nitrogen and oxygen atoms in total. The van der Waals surface area contributed by atoms with Crippen LogP contribution in [0.5, 0.6) is 0 Å². The van der Waals surface area contributed by atoms with E-state index < -0.39 is 6.10 Å². The zero-order chi connectivity index (χ0) is 8.27. The van der Waals surface area contributed by atoms with Gasteiger partial charge in [0.15, 0.2) is 4.67 Å². The number of aliphatic hydroxyl groups is 1. The monoisotopic (exact) mass is 219 g/mol. The van der Waals surface area contributed by atoms with Crippen LogP contribution >= 0.6 is 15.9 Å². The third-order valence-electron chi connectivity index (χ3n) is 1.41. The molecule has 0 fully saturated rings. The molecule has 1 unspecified atom stereocenters. The molecule has 0 aliphatic carbocycles. The highest BCUT2D eigenvalue weighted by Crippen LogP contribution is 2.21. The van der Waals surface area contributed by atoms with Crippen LogP contribution in [0.25, 0.3) is 0 Å². The zero-order valence-corrected chi connectivity index (χ0v) is 7.54. The van der Waals surface area contributed by atoms with Crippen LogP contribution in [0.4, 0.5) is 0 Å². The van der Waals surface area contributed by atoms with Gasteiger partial charge in [0.25, 0.3) is 0 Å². The smallest absolute Gasteiger partial charge is 0.169 e. The Morgan fingerprint density at radius 1 is 1.73 bits per heavy atom. The van der Waals surface area contributed by atoms with Gasteiger partial charge in [0.1, 0.15) is 0 Å². The Hall–Kier alpha value is -0.320. The quantitative estimate of drug-likeness (QED) is 0.809. The fourth-order valence-corrected chi connectivity index (χ4v) is 1.18. The van der Waals surface area contributed by atoms with Gasteiger partial charge < -0.3 is 15.3 Å². The summed E-state index contributed by atoms with van der Waals surface area (Å²) >= 11 is 3.14. The standard InChI is InChI=1S/C7H10BrNO2/c8-7-3-5(4-11-7)6(10)1-2-9/h3-4,6,10H,1-2,9H2. The first kappa shape index (κ1) is 8.77. The van der Waals surface area contributed by atoms with Crippen molar-refractivity contribution in [3.05, 3.63) is 22.6 Å². The molecule has 0 bridgehead atoms.